The van der Waals surface area contributed by atoms with E-state index in [2.05, 4.69) is 11.3 Å². The van der Waals surface area contributed by atoms with Crippen LogP contribution in [0.1, 0.15) is 6.42 Å². The van der Waals surface area contributed by atoms with Gasteiger partial charge in [-0.1, -0.05) is 6.58 Å². The van der Waals surface area contributed by atoms with Gasteiger partial charge in [0, 0.05) is 12.5 Å². The summed E-state index contributed by atoms with van der Waals surface area (Å²) in [6.07, 6.45) is 1.07. The summed E-state index contributed by atoms with van der Waals surface area (Å²) in [5.41, 5.74) is 0. The van der Waals surface area contributed by atoms with Crippen LogP contribution in [0.4, 0.5) is 0 Å². The smallest absolute Gasteiger partial charge is 0.330 e. The van der Waals surface area contributed by atoms with Crippen molar-refractivity contribution in [3.63, 3.8) is 0 Å². The predicted octanol–water partition coefficient (Wildman–Crippen LogP) is -0.333. The average molecular weight is 158 g/mol. The first-order chi connectivity index (χ1) is 5.20. The number of ether oxygens (including phenoxy) is 1. The molecule has 0 amide bonds. The van der Waals surface area contributed by atoms with Gasteiger partial charge in [0.15, 0.2) is 5.78 Å². The Balaban J connectivity index is 3.34. The van der Waals surface area contributed by atoms with E-state index in [4.69, 9.17) is 5.11 Å². The highest BCUT2D eigenvalue weighted by Gasteiger charge is 2.00. The molecule has 0 aromatic heterocycles. The van der Waals surface area contributed by atoms with Crippen LogP contribution in [-0.2, 0) is 14.3 Å². The molecular formula is C7H10O4. The van der Waals surface area contributed by atoms with Gasteiger partial charge in [0.1, 0.15) is 6.61 Å². The van der Waals surface area contributed by atoms with Crippen LogP contribution in [0.3, 0.4) is 0 Å². The first kappa shape index (κ1) is 9.84. The number of hydrogen-bond acceptors (Lipinski definition) is 4. The maximum Gasteiger partial charge on any atom is 0.330 e. The van der Waals surface area contributed by atoms with Crippen LogP contribution < -0.4 is 0 Å². The SMILES string of the molecule is C=CC(=O)OCCC(=O)CO. The van der Waals surface area contributed by atoms with Crippen molar-refractivity contribution < 1.29 is 19.4 Å². The van der Waals surface area contributed by atoms with Gasteiger partial charge in [0.05, 0.1) is 6.61 Å². The van der Waals surface area contributed by atoms with Crippen LogP contribution in [0.15, 0.2) is 12.7 Å². The normalized spacial score (nSPS) is 8.82. The zero-order valence-electron chi connectivity index (χ0n) is 6.08. The quantitative estimate of drug-likeness (QED) is 0.439. The summed E-state index contributed by atoms with van der Waals surface area (Å²) in [5.74, 6) is -0.905. The summed E-state index contributed by atoms with van der Waals surface area (Å²) >= 11 is 0. The van der Waals surface area contributed by atoms with Gasteiger partial charge in [0.2, 0.25) is 0 Å². The van der Waals surface area contributed by atoms with Crippen molar-refractivity contribution in [3.8, 4) is 0 Å². The summed E-state index contributed by atoms with van der Waals surface area (Å²) in [7, 11) is 0. The highest BCUT2D eigenvalue weighted by Crippen LogP contribution is 1.86. The number of aliphatic hydroxyl groups is 1. The fraction of sp³-hybridized carbons (Fsp3) is 0.429. The number of esters is 1. The first-order valence-corrected chi connectivity index (χ1v) is 3.12. The second-order valence-corrected chi connectivity index (χ2v) is 1.82. The standard InChI is InChI=1S/C7H10O4/c1-2-7(10)11-4-3-6(9)5-8/h2,8H,1,3-5H2. The van der Waals surface area contributed by atoms with Gasteiger partial charge in [0.25, 0.3) is 0 Å². The third-order valence-electron chi connectivity index (χ3n) is 0.968. The molecule has 0 bridgehead atoms. The fourth-order valence-electron chi connectivity index (χ4n) is 0.403. The third kappa shape index (κ3) is 5.29. The minimum absolute atomic E-state index is 0.00421. The molecule has 0 rings (SSSR count). The minimum Gasteiger partial charge on any atom is -0.462 e. The Bertz CT molecular complexity index is 162. The molecule has 0 fully saturated rings. The Hall–Kier alpha value is -1.16. The predicted molar refractivity (Wildman–Crippen MR) is 37.9 cm³/mol. The van der Waals surface area contributed by atoms with Gasteiger partial charge in [-0.2, -0.15) is 0 Å². The van der Waals surface area contributed by atoms with Crippen molar-refractivity contribution >= 4 is 11.8 Å². The Kier molecular flexibility index (Phi) is 5.02. The van der Waals surface area contributed by atoms with Gasteiger partial charge in [-0.25, -0.2) is 4.79 Å². The number of carbonyl (C=O) groups is 2. The van der Waals surface area contributed by atoms with E-state index in [0.717, 1.165) is 6.08 Å². The Morgan fingerprint density at radius 3 is 2.64 bits per heavy atom. The van der Waals surface area contributed by atoms with E-state index in [1.807, 2.05) is 0 Å². The molecule has 0 aromatic rings. The van der Waals surface area contributed by atoms with Crippen LogP contribution >= 0.6 is 0 Å². The number of ketones is 1. The van der Waals surface area contributed by atoms with Crippen molar-refractivity contribution in [1.29, 1.82) is 0 Å². The highest BCUT2D eigenvalue weighted by atomic mass is 16.5. The van der Waals surface area contributed by atoms with Crippen molar-refractivity contribution in [2.75, 3.05) is 13.2 Å². The lowest BCUT2D eigenvalue weighted by Crippen LogP contribution is -2.10. The molecule has 0 aliphatic rings. The second kappa shape index (κ2) is 5.61. The molecule has 0 unspecified atom stereocenters. The molecule has 0 saturated carbocycles. The summed E-state index contributed by atoms with van der Waals surface area (Å²) in [6, 6.07) is 0. The molecule has 4 heteroatoms. The van der Waals surface area contributed by atoms with Crippen molar-refractivity contribution in [2.24, 2.45) is 0 Å². The summed E-state index contributed by atoms with van der Waals surface area (Å²) in [6.45, 7) is 2.67. The van der Waals surface area contributed by atoms with E-state index in [0.29, 0.717) is 0 Å². The Morgan fingerprint density at radius 2 is 2.18 bits per heavy atom. The zero-order chi connectivity index (χ0) is 8.69. The third-order valence-corrected chi connectivity index (χ3v) is 0.968. The van der Waals surface area contributed by atoms with Gasteiger partial charge in [-0.05, 0) is 0 Å². The summed E-state index contributed by atoms with van der Waals surface area (Å²) in [4.78, 5) is 20.8. The molecule has 0 radical (unpaired) electrons. The molecule has 62 valence electrons. The van der Waals surface area contributed by atoms with Crippen LogP contribution in [-0.4, -0.2) is 30.1 Å². The number of aliphatic hydroxyl groups excluding tert-OH is 1. The Labute approximate surface area is 64.5 Å². The van der Waals surface area contributed by atoms with Crippen molar-refractivity contribution in [3.05, 3.63) is 12.7 Å². The van der Waals surface area contributed by atoms with E-state index in [1.165, 1.54) is 0 Å². The van der Waals surface area contributed by atoms with E-state index in [-0.39, 0.29) is 18.8 Å². The molecule has 0 atom stereocenters. The molecule has 0 aromatic carbocycles. The van der Waals surface area contributed by atoms with Crippen LogP contribution in [0.2, 0.25) is 0 Å². The van der Waals surface area contributed by atoms with E-state index in [9.17, 15) is 9.59 Å². The molecule has 11 heavy (non-hydrogen) atoms. The fourth-order valence-corrected chi connectivity index (χ4v) is 0.403. The van der Waals surface area contributed by atoms with Crippen molar-refractivity contribution in [1.82, 2.24) is 0 Å². The van der Waals surface area contributed by atoms with E-state index < -0.39 is 12.6 Å². The van der Waals surface area contributed by atoms with Crippen LogP contribution in [0.5, 0.6) is 0 Å². The molecule has 0 aliphatic heterocycles. The lowest BCUT2D eigenvalue weighted by Gasteiger charge is -1.98. The molecule has 0 aliphatic carbocycles. The van der Waals surface area contributed by atoms with E-state index >= 15 is 0 Å². The second-order valence-electron chi connectivity index (χ2n) is 1.82. The molecule has 1 N–H and O–H groups in total. The largest absolute Gasteiger partial charge is 0.462 e. The van der Waals surface area contributed by atoms with Gasteiger partial charge in [-0.15, -0.1) is 0 Å². The summed E-state index contributed by atoms with van der Waals surface area (Å²) < 4.78 is 4.47. The first-order valence-electron chi connectivity index (χ1n) is 3.12. The zero-order valence-corrected chi connectivity index (χ0v) is 6.08. The number of hydrogen-bond donors (Lipinski definition) is 1. The highest BCUT2D eigenvalue weighted by molar-refractivity contribution is 5.82. The van der Waals surface area contributed by atoms with Crippen molar-refractivity contribution in [2.45, 2.75) is 6.42 Å². The van der Waals surface area contributed by atoms with Crippen LogP contribution in [0.25, 0.3) is 0 Å². The molecule has 4 nitrogen and oxygen atoms in total. The topological polar surface area (TPSA) is 63.6 Å². The van der Waals surface area contributed by atoms with Crippen LogP contribution in [0, 0.1) is 0 Å². The molecule has 0 saturated heterocycles. The monoisotopic (exact) mass is 158 g/mol. The lowest BCUT2D eigenvalue weighted by molar-refractivity contribution is -0.138. The summed E-state index contributed by atoms with van der Waals surface area (Å²) in [5, 5.41) is 8.25. The van der Waals surface area contributed by atoms with Gasteiger partial charge in [-0.3, -0.25) is 4.79 Å². The van der Waals surface area contributed by atoms with E-state index in [1.54, 1.807) is 0 Å². The molecule has 0 heterocycles. The number of Topliss-reactive ketones (excluding diaryl/α,β-unsaturated/α-hetero) is 1. The van der Waals surface area contributed by atoms with Gasteiger partial charge >= 0.3 is 5.97 Å². The number of rotatable bonds is 5. The Morgan fingerprint density at radius 1 is 1.55 bits per heavy atom. The minimum atomic E-state index is -0.560. The maximum atomic E-state index is 10.4. The molecule has 0 spiro atoms. The number of carbonyl (C=O) groups excluding carboxylic acids is 2. The average Bonchev–Trinajstić information content (AvgIpc) is 2.04. The molecular weight excluding hydrogens is 148 g/mol. The lowest BCUT2D eigenvalue weighted by atomic mass is 10.3. The van der Waals surface area contributed by atoms with Gasteiger partial charge < -0.3 is 9.84 Å². The maximum absolute atomic E-state index is 10.4.